The molecule has 1 N–H and O–H groups in total. The first-order chi connectivity index (χ1) is 12.7. The summed E-state index contributed by atoms with van der Waals surface area (Å²) in [5.74, 6) is 0.308. The van der Waals surface area contributed by atoms with E-state index in [1.54, 1.807) is 6.07 Å². The molecule has 0 saturated heterocycles. The Balaban J connectivity index is 2.33. The molecule has 0 spiro atoms. The van der Waals surface area contributed by atoms with Crippen LogP contribution < -0.4 is 0 Å². The van der Waals surface area contributed by atoms with Crippen LogP contribution in [-0.4, -0.2) is 5.11 Å². The first kappa shape index (κ1) is 19.7. The highest BCUT2D eigenvalue weighted by Crippen LogP contribution is 2.61. The van der Waals surface area contributed by atoms with Gasteiger partial charge in [0.15, 0.2) is 0 Å². The third kappa shape index (κ3) is 3.10. The summed E-state index contributed by atoms with van der Waals surface area (Å²) >= 11 is 4.20. The summed E-state index contributed by atoms with van der Waals surface area (Å²) in [4.78, 5) is 0. The third-order valence-electron chi connectivity index (χ3n) is 5.99. The Kier molecular flexibility index (Phi) is 5.22. The molecule has 0 aliphatic rings. The highest BCUT2D eigenvalue weighted by molar-refractivity contribution is 9.09. The second-order valence-corrected chi connectivity index (χ2v) is 9.35. The Morgan fingerprint density at radius 1 is 0.593 bits per heavy atom. The zero-order valence-corrected chi connectivity index (χ0v) is 18.0. The minimum absolute atomic E-state index is 0.308. The Morgan fingerprint density at radius 3 is 1.37 bits per heavy atom. The molecule has 140 valence electrons. The topological polar surface area (TPSA) is 20.2 Å². The number of aromatic hydroxyl groups is 1. The van der Waals surface area contributed by atoms with Gasteiger partial charge in [-0.15, -0.1) is 0 Å². The van der Waals surface area contributed by atoms with Crippen molar-refractivity contribution in [3.63, 3.8) is 0 Å². The fourth-order valence-corrected chi connectivity index (χ4v) is 5.12. The molecule has 2 heteroatoms. The van der Waals surface area contributed by atoms with Gasteiger partial charge in [-0.2, -0.15) is 0 Å². The molecular formula is C25H27BrO. The minimum Gasteiger partial charge on any atom is -0.508 e. The molecule has 0 aromatic heterocycles. The molecule has 0 aliphatic carbocycles. The van der Waals surface area contributed by atoms with Gasteiger partial charge < -0.3 is 5.11 Å². The van der Waals surface area contributed by atoms with E-state index in [-0.39, 0.29) is 10.8 Å². The van der Waals surface area contributed by atoms with E-state index < -0.39 is 4.32 Å². The van der Waals surface area contributed by atoms with Gasteiger partial charge >= 0.3 is 0 Å². The lowest BCUT2D eigenvalue weighted by molar-refractivity contribution is 0.245. The molecule has 0 fully saturated rings. The van der Waals surface area contributed by atoms with Gasteiger partial charge in [-0.25, -0.2) is 0 Å². The van der Waals surface area contributed by atoms with Gasteiger partial charge in [-0.05, 0) is 17.2 Å². The van der Waals surface area contributed by atoms with E-state index in [0.29, 0.717) is 5.75 Å². The molecular weight excluding hydrogens is 396 g/mol. The van der Waals surface area contributed by atoms with Crippen LogP contribution in [-0.2, 0) is 15.2 Å². The van der Waals surface area contributed by atoms with Crippen molar-refractivity contribution in [2.24, 2.45) is 0 Å². The molecule has 0 aliphatic heterocycles. The van der Waals surface area contributed by atoms with E-state index >= 15 is 0 Å². The van der Waals surface area contributed by atoms with Crippen molar-refractivity contribution in [3.05, 3.63) is 102 Å². The molecule has 0 amide bonds. The van der Waals surface area contributed by atoms with Gasteiger partial charge in [-0.1, -0.05) is 122 Å². The Bertz CT molecular complexity index is 846. The van der Waals surface area contributed by atoms with E-state index in [1.165, 1.54) is 11.1 Å². The van der Waals surface area contributed by atoms with Crippen LogP contribution in [0.25, 0.3) is 0 Å². The average molecular weight is 423 g/mol. The van der Waals surface area contributed by atoms with Crippen molar-refractivity contribution < 1.29 is 5.11 Å². The van der Waals surface area contributed by atoms with Gasteiger partial charge in [0.25, 0.3) is 0 Å². The SMILES string of the molecule is CC(C)(c1ccccc1)C(Br)(c1ccccc1O)C(C)(C)c1ccccc1. The number of hydrogen-bond donors (Lipinski definition) is 1. The van der Waals surface area contributed by atoms with Crippen molar-refractivity contribution in [2.75, 3.05) is 0 Å². The van der Waals surface area contributed by atoms with Gasteiger partial charge in [0.2, 0.25) is 0 Å². The van der Waals surface area contributed by atoms with E-state index in [0.717, 1.165) is 5.56 Å². The highest BCUT2D eigenvalue weighted by Gasteiger charge is 2.56. The fourth-order valence-electron chi connectivity index (χ4n) is 4.33. The molecule has 1 nitrogen and oxygen atoms in total. The largest absolute Gasteiger partial charge is 0.508 e. The molecule has 3 aromatic carbocycles. The summed E-state index contributed by atoms with van der Waals surface area (Å²) in [6, 6.07) is 28.7. The molecule has 3 aromatic rings. The summed E-state index contributed by atoms with van der Waals surface area (Å²) in [6.07, 6.45) is 0. The molecule has 0 atom stereocenters. The molecule has 0 heterocycles. The van der Waals surface area contributed by atoms with Crippen LogP contribution in [0.3, 0.4) is 0 Å². The smallest absolute Gasteiger partial charge is 0.120 e. The normalized spacial score (nSPS) is 12.8. The van der Waals surface area contributed by atoms with Crippen LogP contribution in [0.5, 0.6) is 5.75 Å². The number of para-hydroxylation sites is 1. The van der Waals surface area contributed by atoms with Crippen molar-refractivity contribution in [1.29, 1.82) is 0 Å². The molecule has 0 bridgehead atoms. The second-order valence-electron chi connectivity index (χ2n) is 8.16. The Hall–Kier alpha value is -2.06. The Morgan fingerprint density at radius 2 is 0.963 bits per heavy atom. The third-order valence-corrected chi connectivity index (χ3v) is 8.40. The zero-order valence-electron chi connectivity index (χ0n) is 16.4. The van der Waals surface area contributed by atoms with Crippen LogP contribution in [0.2, 0.25) is 0 Å². The maximum atomic E-state index is 10.8. The van der Waals surface area contributed by atoms with Gasteiger partial charge in [0.05, 0.1) is 4.32 Å². The maximum absolute atomic E-state index is 10.8. The number of halogens is 1. The number of alkyl halides is 1. The van der Waals surface area contributed by atoms with Crippen LogP contribution in [0.15, 0.2) is 84.9 Å². The second kappa shape index (κ2) is 7.16. The first-order valence-corrected chi connectivity index (χ1v) is 10.1. The summed E-state index contributed by atoms with van der Waals surface area (Å²) in [5.41, 5.74) is 2.70. The molecule has 0 radical (unpaired) electrons. The Labute approximate surface area is 171 Å². The molecule has 3 rings (SSSR count). The van der Waals surface area contributed by atoms with Crippen LogP contribution >= 0.6 is 15.9 Å². The molecule has 27 heavy (non-hydrogen) atoms. The predicted molar refractivity (Wildman–Crippen MR) is 118 cm³/mol. The zero-order chi connectivity index (χ0) is 19.7. The maximum Gasteiger partial charge on any atom is 0.120 e. The van der Waals surface area contributed by atoms with E-state index in [1.807, 2.05) is 30.3 Å². The molecule has 0 unspecified atom stereocenters. The fraction of sp³-hybridized carbons (Fsp3) is 0.280. The lowest BCUT2D eigenvalue weighted by atomic mass is 9.57. The summed E-state index contributed by atoms with van der Waals surface area (Å²) in [7, 11) is 0. The van der Waals surface area contributed by atoms with E-state index in [4.69, 9.17) is 0 Å². The lowest BCUT2D eigenvalue weighted by Gasteiger charge is -2.53. The van der Waals surface area contributed by atoms with Crippen molar-refractivity contribution in [1.82, 2.24) is 0 Å². The first-order valence-electron chi connectivity index (χ1n) is 9.31. The van der Waals surface area contributed by atoms with Crippen LogP contribution in [0, 0.1) is 0 Å². The monoisotopic (exact) mass is 422 g/mol. The van der Waals surface area contributed by atoms with E-state index in [9.17, 15) is 5.11 Å². The van der Waals surface area contributed by atoms with Crippen molar-refractivity contribution in [3.8, 4) is 5.75 Å². The number of hydrogen-bond acceptors (Lipinski definition) is 1. The van der Waals surface area contributed by atoms with Gasteiger partial charge in [-0.3, -0.25) is 0 Å². The predicted octanol–water partition coefficient (Wildman–Crippen LogP) is 6.94. The average Bonchev–Trinajstić information content (AvgIpc) is 2.69. The van der Waals surface area contributed by atoms with Crippen LogP contribution in [0.1, 0.15) is 44.4 Å². The lowest BCUT2D eigenvalue weighted by Crippen LogP contribution is -2.53. The van der Waals surface area contributed by atoms with Crippen molar-refractivity contribution in [2.45, 2.75) is 42.8 Å². The summed E-state index contributed by atoms with van der Waals surface area (Å²) in [6.45, 7) is 8.98. The van der Waals surface area contributed by atoms with Gasteiger partial charge in [0.1, 0.15) is 5.75 Å². The highest BCUT2D eigenvalue weighted by atomic mass is 79.9. The van der Waals surface area contributed by atoms with Gasteiger partial charge in [0, 0.05) is 16.4 Å². The van der Waals surface area contributed by atoms with Crippen LogP contribution in [0.4, 0.5) is 0 Å². The van der Waals surface area contributed by atoms with E-state index in [2.05, 4.69) is 92.2 Å². The number of phenols is 1. The number of phenolic OH excluding ortho intramolecular Hbond substituents is 1. The quantitative estimate of drug-likeness (QED) is 0.441. The summed E-state index contributed by atoms with van der Waals surface area (Å²) < 4.78 is -0.555. The number of rotatable bonds is 5. The number of benzene rings is 3. The standard InChI is InChI=1S/C25H27BrO/c1-23(2,19-13-7-5-8-14-19)25(26,21-17-11-12-18-22(21)27)24(3,4)20-15-9-6-10-16-20/h5-18,27H,1-4H3. The molecule has 0 saturated carbocycles. The van der Waals surface area contributed by atoms with Crippen molar-refractivity contribution >= 4 is 15.9 Å². The summed E-state index contributed by atoms with van der Waals surface area (Å²) in [5, 5.41) is 10.8. The minimum atomic E-state index is -0.555.